The lowest BCUT2D eigenvalue weighted by Crippen LogP contribution is -2.32. The molecule has 6 nitrogen and oxygen atoms in total. The molecule has 0 saturated carbocycles. The quantitative estimate of drug-likeness (QED) is 0.881. The van der Waals surface area contributed by atoms with Gasteiger partial charge in [-0.3, -0.25) is 14.1 Å². The number of carboxylic acid groups (broad SMARTS) is 1. The molecular formula is C15H22N4O2. The molecule has 0 fully saturated rings. The minimum Gasteiger partial charge on any atom is -0.481 e. The lowest BCUT2D eigenvalue weighted by Gasteiger charge is -2.24. The Labute approximate surface area is 124 Å². The molecule has 2 aromatic rings. The van der Waals surface area contributed by atoms with Gasteiger partial charge in [0, 0.05) is 36.7 Å². The lowest BCUT2D eigenvalue weighted by atomic mass is 10.2. The van der Waals surface area contributed by atoms with Gasteiger partial charge in [-0.25, -0.2) is 9.97 Å². The number of aromatic nitrogens is 3. The average molecular weight is 290 g/mol. The van der Waals surface area contributed by atoms with E-state index in [4.69, 9.17) is 5.11 Å². The number of carboxylic acids is 1. The van der Waals surface area contributed by atoms with E-state index < -0.39 is 5.97 Å². The molecule has 21 heavy (non-hydrogen) atoms. The summed E-state index contributed by atoms with van der Waals surface area (Å²) in [5.41, 5.74) is 2.96. The van der Waals surface area contributed by atoms with Gasteiger partial charge in [-0.2, -0.15) is 0 Å². The number of carbonyl (C=O) groups is 1. The summed E-state index contributed by atoms with van der Waals surface area (Å²) in [6, 6.07) is 2.29. The summed E-state index contributed by atoms with van der Waals surface area (Å²) in [5, 5.41) is 8.84. The Morgan fingerprint density at radius 2 is 2.10 bits per heavy atom. The first-order chi connectivity index (χ1) is 9.86. The standard InChI is InChI=1S/C15H22N4O2/c1-10(2)18(6-5-14(20)21)8-13-9-19-12(4)7-11(3)16-15(19)17-13/h7,9-10H,5-6,8H2,1-4H3,(H,20,21). The number of hydrogen-bond acceptors (Lipinski definition) is 4. The average Bonchev–Trinajstić information content (AvgIpc) is 2.76. The number of imidazole rings is 1. The third kappa shape index (κ3) is 3.78. The maximum atomic E-state index is 10.7. The van der Waals surface area contributed by atoms with Gasteiger partial charge in [0.2, 0.25) is 5.78 Å². The predicted octanol–water partition coefficient (Wildman–Crippen LogP) is 2.03. The van der Waals surface area contributed by atoms with Crippen LogP contribution in [0.25, 0.3) is 5.78 Å². The molecule has 0 bridgehead atoms. The number of rotatable bonds is 6. The monoisotopic (exact) mass is 290 g/mol. The molecule has 0 saturated heterocycles. The van der Waals surface area contributed by atoms with E-state index in [0.717, 1.165) is 17.1 Å². The van der Waals surface area contributed by atoms with Crippen molar-refractivity contribution in [2.75, 3.05) is 6.54 Å². The third-order valence-corrected chi connectivity index (χ3v) is 3.52. The minimum absolute atomic E-state index is 0.141. The van der Waals surface area contributed by atoms with Crippen molar-refractivity contribution in [3.63, 3.8) is 0 Å². The second-order valence-electron chi connectivity index (χ2n) is 5.65. The molecule has 2 aromatic heterocycles. The molecule has 0 atom stereocenters. The van der Waals surface area contributed by atoms with Crippen molar-refractivity contribution in [3.8, 4) is 0 Å². The van der Waals surface area contributed by atoms with Crippen LogP contribution in [0.15, 0.2) is 12.3 Å². The number of fused-ring (bicyclic) bond motifs is 1. The fourth-order valence-electron chi connectivity index (χ4n) is 2.36. The normalized spacial score (nSPS) is 11.7. The third-order valence-electron chi connectivity index (χ3n) is 3.52. The Kier molecular flexibility index (Phi) is 4.57. The van der Waals surface area contributed by atoms with Crippen LogP contribution in [0.4, 0.5) is 0 Å². The first kappa shape index (κ1) is 15.4. The highest BCUT2D eigenvalue weighted by atomic mass is 16.4. The minimum atomic E-state index is -0.774. The van der Waals surface area contributed by atoms with Gasteiger partial charge in [0.1, 0.15) is 0 Å². The van der Waals surface area contributed by atoms with Crippen molar-refractivity contribution in [1.29, 1.82) is 0 Å². The van der Waals surface area contributed by atoms with E-state index in [1.54, 1.807) is 0 Å². The maximum absolute atomic E-state index is 10.7. The van der Waals surface area contributed by atoms with E-state index in [1.165, 1.54) is 0 Å². The van der Waals surface area contributed by atoms with Crippen molar-refractivity contribution in [2.24, 2.45) is 0 Å². The van der Waals surface area contributed by atoms with E-state index in [9.17, 15) is 4.79 Å². The highest BCUT2D eigenvalue weighted by Gasteiger charge is 2.14. The van der Waals surface area contributed by atoms with E-state index in [2.05, 4.69) is 28.7 Å². The van der Waals surface area contributed by atoms with Gasteiger partial charge in [0.25, 0.3) is 0 Å². The Morgan fingerprint density at radius 1 is 1.38 bits per heavy atom. The Morgan fingerprint density at radius 3 is 2.71 bits per heavy atom. The van der Waals surface area contributed by atoms with E-state index >= 15 is 0 Å². The molecule has 2 heterocycles. The van der Waals surface area contributed by atoms with Gasteiger partial charge in [-0.05, 0) is 33.8 Å². The number of nitrogens with zero attached hydrogens (tertiary/aromatic N) is 4. The molecule has 6 heteroatoms. The van der Waals surface area contributed by atoms with Crippen LogP contribution in [0.2, 0.25) is 0 Å². The van der Waals surface area contributed by atoms with E-state index in [0.29, 0.717) is 18.9 Å². The van der Waals surface area contributed by atoms with Crippen molar-refractivity contribution in [3.05, 3.63) is 29.3 Å². The molecule has 2 rings (SSSR count). The SMILES string of the molecule is Cc1cc(C)n2cc(CN(CCC(=O)O)C(C)C)nc2n1. The van der Waals surface area contributed by atoms with Gasteiger partial charge < -0.3 is 5.11 Å². The lowest BCUT2D eigenvalue weighted by molar-refractivity contribution is -0.137. The van der Waals surface area contributed by atoms with Crippen LogP contribution in [0.3, 0.4) is 0 Å². The summed E-state index contributed by atoms with van der Waals surface area (Å²) >= 11 is 0. The molecule has 0 aliphatic heterocycles. The first-order valence-electron chi connectivity index (χ1n) is 7.15. The highest BCUT2D eigenvalue weighted by molar-refractivity contribution is 5.66. The van der Waals surface area contributed by atoms with Crippen molar-refractivity contribution in [2.45, 2.75) is 46.7 Å². The van der Waals surface area contributed by atoms with Gasteiger partial charge in [-0.15, -0.1) is 0 Å². The first-order valence-corrected chi connectivity index (χ1v) is 7.15. The molecule has 1 N–H and O–H groups in total. The molecule has 0 amide bonds. The largest absolute Gasteiger partial charge is 0.481 e. The van der Waals surface area contributed by atoms with Crippen LogP contribution in [-0.4, -0.2) is 42.9 Å². The van der Waals surface area contributed by atoms with Crippen LogP contribution in [0.5, 0.6) is 0 Å². The molecular weight excluding hydrogens is 268 g/mol. The Hall–Kier alpha value is -1.95. The van der Waals surface area contributed by atoms with Crippen molar-refractivity contribution < 1.29 is 9.90 Å². The molecule has 0 aliphatic rings. The number of aryl methyl sites for hydroxylation is 2. The zero-order chi connectivity index (χ0) is 15.6. The molecule has 0 aliphatic carbocycles. The second kappa shape index (κ2) is 6.22. The van der Waals surface area contributed by atoms with E-state index in [1.807, 2.05) is 30.5 Å². The van der Waals surface area contributed by atoms with Crippen LogP contribution < -0.4 is 0 Å². The fraction of sp³-hybridized carbons (Fsp3) is 0.533. The summed E-state index contributed by atoms with van der Waals surface area (Å²) in [7, 11) is 0. The van der Waals surface area contributed by atoms with Crippen molar-refractivity contribution in [1.82, 2.24) is 19.3 Å². The van der Waals surface area contributed by atoms with Crippen LogP contribution >= 0.6 is 0 Å². The predicted molar refractivity (Wildman–Crippen MR) is 80.3 cm³/mol. The zero-order valence-corrected chi connectivity index (χ0v) is 13.0. The Balaban J connectivity index is 2.20. The van der Waals surface area contributed by atoms with Gasteiger partial charge >= 0.3 is 5.97 Å². The Bertz CT molecular complexity index is 648. The van der Waals surface area contributed by atoms with E-state index in [-0.39, 0.29) is 12.5 Å². The molecule has 0 unspecified atom stereocenters. The van der Waals surface area contributed by atoms with Crippen LogP contribution in [-0.2, 0) is 11.3 Å². The molecule has 0 radical (unpaired) electrons. The van der Waals surface area contributed by atoms with Gasteiger partial charge in [0.05, 0.1) is 12.1 Å². The van der Waals surface area contributed by atoms with Crippen LogP contribution in [0, 0.1) is 13.8 Å². The molecule has 0 aromatic carbocycles. The number of aliphatic carboxylic acids is 1. The summed E-state index contributed by atoms with van der Waals surface area (Å²) in [6.45, 7) is 9.25. The summed E-state index contributed by atoms with van der Waals surface area (Å²) in [5.74, 6) is -0.0757. The van der Waals surface area contributed by atoms with Crippen LogP contribution in [0.1, 0.15) is 37.4 Å². The second-order valence-corrected chi connectivity index (χ2v) is 5.65. The topological polar surface area (TPSA) is 70.7 Å². The fourth-order valence-corrected chi connectivity index (χ4v) is 2.36. The molecule has 114 valence electrons. The summed E-state index contributed by atoms with van der Waals surface area (Å²) in [4.78, 5) is 21.8. The van der Waals surface area contributed by atoms with Crippen molar-refractivity contribution >= 4 is 11.7 Å². The van der Waals surface area contributed by atoms with Gasteiger partial charge in [0.15, 0.2) is 0 Å². The highest BCUT2D eigenvalue weighted by Crippen LogP contribution is 2.12. The smallest absolute Gasteiger partial charge is 0.304 e. The summed E-state index contributed by atoms with van der Waals surface area (Å²) in [6.07, 6.45) is 2.12. The zero-order valence-electron chi connectivity index (χ0n) is 13.0. The van der Waals surface area contributed by atoms with Gasteiger partial charge in [-0.1, -0.05) is 0 Å². The maximum Gasteiger partial charge on any atom is 0.304 e. The molecule has 0 spiro atoms. The number of hydrogen-bond donors (Lipinski definition) is 1. The summed E-state index contributed by atoms with van der Waals surface area (Å²) < 4.78 is 1.97.